The second kappa shape index (κ2) is 7.67. The highest BCUT2D eigenvalue weighted by molar-refractivity contribution is 8.00. The Hall–Kier alpha value is -0.710. The molecule has 0 bridgehead atoms. The van der Waals surface area contributed by atoms with Crippen molar-refractivity contribution in [3.8, 4) is 0 Å². The molecule has 0 amide bonds. The molecular formula is C12H12Cl2O3S. The van der Waals surface area contributed by atoms with Crippen molar-refractivity contribution >= 4 is 46.7 Å². The Balaban J connectivity index is 2.80. The van der Waals surface area contributed by atoms with E-state index >= 15 is 0 Å². The van der Waals surface area contributed by atoms with Gasteiger partial charge >= 0.3 is 5.97 Å². The SMILES string of the molecule is O=C(c1ccccc1)[C@H](Cl)[C@@H](SCCCl)C(=O)O. The van der Waals surface area contributed by atoms with E-state index in [1.807, 2.05) is 0 Å². The third-order valence-electron chi connectivity index (χ3n) is 2.19. The Labute approximate surface area is 119 Å². The molecule has 0 unspecified atom stereocenters. The molecule has 0 aliphatic carbocycles. The molecule has 0 heterocycles. The molecule has 0 saturated carbocycles. The van der Waals surface area contributed by atoms with Crippen molar-refractivity contribution in [1.82, 2.24) is 0 Å². The molecule has 0 radical (unpaired) electrons. The molecule has 1 rings (SSSR count). The summed E-state index contributed by atoms with van der Waals surface area (Å²) >= 11 is 12.6. The Morgan fingerprint density at radius 1 is 1.28 bits per heavy atom. The predicted octanol–water partition coefficient (Wildman–Crippen LogP) is 2.90. The van der Waals surface area contributed by atoms with Crippen LogP contribution in [0.3, 0.4) is 0 Å². The highest BCUT2D eigenvalue weighted by Crippen LogP contribution is 2.23. The normalized spacial score (nSPS) is 13.9. The first kappa shape index (κ1) is 15.3. The van der Waals surface area contributed by atoms with E-state index < -0.39 is 16.6 Å². The fourth-order valence-electron chi connectivity index (χ4n) is 1.35. The lowest BCUT2D eigenvalue weighted by Gasteiger charge is -2.16. The summed E-state index contributed by atoms with van der Waals surface area (Å²) in [6, 6.07) is 8.42. The maximum atomic E-state index is 12.0. The van der Waals surface area contributed by atoms with E-state index in [9.17, 15) is 9.59 Å². The molecule has 0 aliphatic heterocycles. The van der Waals surface area contributed by atoms with Gasteiger partial charge in [-0.15, -0.1) is 35.0 Å². The number of rotatable bonds is 7. The van der Waals surface area contributed by atoms with E-state index in [-0.39, 0.29) is 5.78 Å². The van der Waals surface area contributed by atoms with Gasteiger partial charge in [0.25, 0.3) is 0 Å². The van der Waals surface area contributed by atoms with E-state index in [0.29, 0.717) is 17.2 Å². The third-order valence-corrected chi connectivity index (χ3v) is 4.48. The van der Waals surface area contributed by atoms with E-state index in [1.54, 1.807) is 30.3 Å². The van der Waals surface area contributed by atoms with Gasteiger partial charge in [-0.2, -0.15) is 0 Å². The number of ketones is 1. The second-order valence-corrected chi connectivity index (χ2v) is 5.55. The summed E-state index contributed by atoms with van der Waals surface area (Å²) in [7, 11) is 0. The topological polar surface area (TPSA) is 54.4 Å². The zero-order chi connectivity index (χ0) is 13.5. The number of carbonyl (C=O) groups excluding carboxylic acids is 1. The lowest BCUT2D eigenvalue weighted by molar-refractivity contribution is -0.136. The molecule has 2 atom stereocenters. The van der Waals surface area contributed by atoms with Crippen molar-refractivity contribution in [2.75, 3.05) is 11.6 Å². The summed E-state index contributed by atoms with van der Waals surface area (Å²) < 4.78 is 0. The molecule has 0 saturated heterocycles. The summed E-state index contributed by atoms with van der Waals surface area (Å²) in [6.07, 6.45) is 0. The van der Waals surface area contributed by atoms with Crippen LogP contribution in [-0.2, 0) is 4.79 Å². The van der Waals surface area contributed by atoms with Crippen LogP contribution in [0.5, 0.6) is 0 Å². The van der Waals surface area contributed by atoms with Crippen LogP contribution in [0, 0.1) is 0 Å². The fourth-order valence-corrected chi connectivity index (χ4v) is 2.85. The fraction of sp³-hybridized carbons (Fsp3) is 0.333. The molecule has 1 aromatic carbocycles. The van der Waals surface area contributed by atoms with Crippen LogP contribution in [0.15, 0.2) is 30.3 Å². The Kier molecular flexibility index (Phi) is 6.54. The molecule has 98 valence electrons. The summed E-state index contributed by atoms with van der Waals surface area (Å²) in [5.41, 5.74) is 0.412. The molecule has 1 aromatic rings. The quantitative estimate of drug-likeness (QED) is 0.621. The number of alkyl halides is 2. The first-order valence-corrected chi connectivity index (χ1v) is 7.23. The van der Waals surface area contributed by atoms with Gasteiger partial charge in [-0.05, 0) is 0 Å². The number of thioether (sulfide) groups is 1. The lowest BCUT2D eigenvalue weighted by Crippen LogP contribution is -2.34. The van der Waals surface area contributed by atoms with Gasteiger partial charge in [0.15, 0.2) is 5.78 Å². The number of halogens is 2. The number of hydrogen-bond acceptors (Lipinski definition) is 3. The third kappa shape index (κ3) is 4.19. The molecule has 0 fully saturated rings. The Morgan fingerprint density at radius 3 is 2.39 bits per heavy atom. The highest BCUT2D eigenvalue weighted by atomic mass is 35.5. The number of carbonyl (C=O) groups is 2. The minimum absolute atomic E-state index is 0.317. The number of hydrogen-bond donors (Lipinski definition) is 1. The summed E-state index contributed by atoms with van der Waals surface area (Å²) in [4.78, 5) is 23.1. The van der Waals surface area contributed by atoms with Gasteiger partial charge in [0.2, 0.25) is 0 Å². The molecule has 1 N–H and O–H groups in total. The summed E-state index contributed by atoms with van der Waals surface area (Å²) in [5, 5.41) is 6.98. The number of Topliss-reactive ketones (excluding diaryl/α,β-unsaturated/α-hetero) is 1. The van der Waals surface area contributed by atoms with Crippen molar-refractivity contribution < 1.29 is 14.7 Å². The molecule has 0 aliphatic rings. The van der Waals surface area contributed by atoms with Crippen LogP contribution in [-0.4, -0.2) is 39.1 Å². The van der Waals surface area contributed by atoms with Gasteiger partial charge < -0.3 is 5.11 Å². The number of carboxylic acids is 1. The van der Waals surface area contributed by atoms with E-state index in [4.69, 9.17) is 28.3 Å². The van der Waals surface area contributed by atoms with Crippen LogP contribution in [0.1, 0.15) is 10.4 Å². The summed E-state index contributed by atoms with van der Waals surface area (Å²) in [5.74, 6) is -0.734. The van der Waals surface area contributed by atoms with Gasteiger partial charge in [0, 0.05) is 17.2 Å². The van der Waals surface area contributed by atoms with Crippen molar-refractivity contribution in [3.05, 3.63) is 35.9 Å². The smallest absolute Gasteiger partial charge is 0.318 e. The van der Waals surface area contributed by atoms with Gasteiger partial charge in [-0.1, -0.05) is 30.3 Å². The van der Waals surface area contributed by atoms with Crippen molar-refractivity contribution in [2.24, 2.45) is 0 Å². The number of benzene rings is 1. The van der Waals surface area contributed by atoms with Crippen LogP contribution in [0.4, 0.5) is 0 Å². The van der Waals surface area contributed by atoms with Gasteiger partial charge in [-0.3, -0.25) is 9.59 Å². The standard InChI is InChI=1S/C12H12Cl2O3S/c13-6-7-18-11(12(16)17)9(14)10(15)8-4-2-1-3-5-8/h1-5,9,11H,6-7H2,(H,16,17)/t9-,11+/m0/s1. The number of carboxylic acid groups (broad SMARTS) is 1. The lowest BCUT2D eigenvalue weighted by atomic mass is 10.1. The van der Waals surface area contributed by atoms with Crippen molar-refractivity contribution in [2.45, 2.75) is 10.6 Å². The molecule has 6 heteroatoms. The highest BCUT2D eigenvalue weighted by Gasteiger charge is 2.32. The maximum absolute atomic E-state index is 12.0. The zero-order valence-corrected chi connectivity index (χ0v) is 11.7. The first-order chi connectivity index (χ1) is 8.57. The van der Waals surface area contributed by atoms with Crippen molar-refractivity contribution in [1.29, 1.82) is 0 Å². The van der Waals surface area contributed by atoms with Crippen LogP contribution < -0.4 is 0 Å². The molecular weight excluding hydrogens is 295 g/mol. The predicted molar refractivity (Wildman–Crippen MR) is 75.0 cm³/mol. The average Bonchev–Trinajstić information content (AvgIpc) is 2.38. The minimum atomic E-state index is -1.10. The second-order valence-electron chi connectivity index (χ2n) is 3.45. The maximum Gasteiger partial charge on any atom is 0.318 e. The van der Waals surface area contributed by atoms with E-state index in [2.05, 4.69) is 0 Å². The van der Waals surface area contributed by atoms with Crippen molar-refractivity contribution in [3.63, 3.8) is 0 Å². The van der Waals surface area contributed by atoms with Crippen LogP contribution >= 0.6 is 35.0 Å². The summed E-state index contributed by atoms with van der Waals surface area (Å²) in [6.45, 7) is 0. The Bertz CT molecular complexity index is 411. The minimum Gasteiger partial charge on any atom is -0.480 e. The van der Waals surface area contributed by atoms with Crippen LogP contribution in [0.2, 0.25) is 0 Å². The zero-order valence-electron chi connectivity index (χ0n) is 9.38. The average molecular weight is 307 g/mol. The van der Waals surface area contributed by atoms with Crippen LogP contribution in [0.25, 0.3) is 0 Å². The largest absolute Gasteiger partial charge is 0.480 e. The molecule has 3 nitrogen and oxygen atoms in total. The number of aliphatic carboxylic acids is 1. The first-order valence-electron chi connectivity index (χ1n) is 5.21. The van der Waals surface area contributed by atoms with Gasteiger partial charge in [-0.25, -0.2) is 0 Å². The van der Waals surface area contributed by atoms with Gasteiger partial charge in [0.1, 0.15) is 10.6 Å². The molecule has 0 aromatic heterocycles. The monoisotopic (exact) mass is 306 g/mol. The Morgan fingerprint density at radius 2 is 1.89 bits per heavy atom. The van der Waals surface area contributed by atoms with E-state index in [1.165, 1.54) is 0 Å². The molecule has 0 spiro atoms. The molecule has 18 heavy (non-hydrogen) atoms. The van der Waals surface area contributed by atoms with E-state index in [0.717, 1.165) is 11.8 Å². The van der Waals surface area contributed by atoms with Gasteiger partial charge in [0.05, 0.1) is 0 Å².